The number of hydrogen-bond acceptors (Lipinski definition) is 2. The molecule has 2 aliphatic heterocycles. The first-order valence-corrected chi connectivity index (χ1v) is 33.6. The van der Waals surface area contributed by atoms with Crippen LogP contribution in [-0.4, -0.2) is 15.8 Å². The Balaban J connectivity index is 0.971. The molecule has 0 unspecified atom stereocenters. The van der Waals surface area contributed by atoms with E-state index in [0.29, 0.717) is 0 Å². The number of hydrogen-bond donors (Lipinski definition) is 0. The second-order valence-corrected chi connectivity index (χ2v) is 25.8. The van der Waals surface area contributed by atoms with Crippen LogP contribution in [0, 0.1) is 0 Å². The minimum Gasteiger partial charge on any atom is -0.310 e. The molecule has 450 valence electrons. The van der Waals surface area contributed by atoms with Crippen molar-refractivity contribution in [1.82, 2.24) is 9.13 Å². The average molecular weight is 1230 g/mol. The van der Waals surface area contributed by atoms with Gasteiger partial charge < -0.3 is 18.9 Å². The lowest BCUT2D eigenvalue weighted by atomic mass is 9.33. The lowest BCUT2D eigenvalue weighted by Gasteiger charge is -2.46. The zero-order chi connectivity index (χ0) is 63.7. The van der Waals surface area contributed by atoms with E-state index in [4.69, 9.17) is 0 Å². The largest absolute Gasteiger partial charge is 0.310 e. The molecule has 0 N–H and O–H groups in total. The van der Waals surface area contributed by atoms with E-state index in [0.717, 1.165) is 123 Å². The predicted molar refractivity (Wildman–Crippen MR) is 411 cm³/mol. The molecule has 0 aliphatic carbocycles. The first-order valence-electron chi connectivity index (χ1n) is 33.6. The Morgan fingerprint density at radius 2 is 0.557 bits per heavy atom. The van der Waals surface area contributed by atoms with Gasteiger partial charge in [-0.25, -0.2) is 0 Å². The SMILES string of the molecule is c1ccc(-c2cccc(-c3ccccc3)c2N2c3cc(-n4c5ccccc5c5ccccc54)ccc3B3c4ccc(-n5c6ccccc6c6ccccc65)cc4N(c4c(-c5ccccc5)cccc4-c4ccccc4)c4cc(-c5ccc6c(ccc7ccccc76)c5)cc2c43)cc1. The summed E-state index contributed by atoms with van der Waals surface area (Å²) in [6, 6.07) is 134. The van der Waals surface area contributed by atoms with E-state index in [-0.39, 0.29) is 6.71 Å². The smallest absolute Gasteiger partial charge is 0.252 e. The fourth-order valence-electron chi connectivity index (χ4n) is 16.5. The van der Waals surface area contributed by atoms with Crippen molar-refractivity contribution in [3.05, 3.63) is 358 Å². The van der Waals surface area contributed by atoms with Crippen LogP contribution in [0.2, 0.25) is 0 Å². The van der Waals surface area contributed by atoms with E-state index in [1.165, 1.54) is 59.5 Å². The summed E-state index contributed by atoms with van der Waals surface area (Å²) in [5, 5.41) is 9.80. The van der Waals surface area contributed by atoms with Crippen molar-refractivity contribution in [3.8, 4) is 67.0 Å². The number of para-hydroxylation sites is 6. The maximum atomic E-state index is 2.68. The van der Waals surface area contributed by atoms with Crippen LogP contribution in [0.25, 0.3) is 132 Å². The summed E-state index contributed by atoms with van der Waals surface area (Å²) in [4.78, 5) is 5.36. The molecule has 0 saturated carbocycles. The highest BCUT2D eigenvalue weighted by Gasteiger charge is 2.46. The second-order valence-electron chi connectivity index (χ2n) is 25.8. The minimum absolute atomic E-state index is 0.243. The molecule has 16 aromatic carbocycles. The Bertz CT molecular complexity index is 5670. The minimum atomic E-state index is -0.243. The molecule has 0 atom stereocenters. The summed E-state index contributed by atoms with van der Waals surface area (Å²) in [5.74, 6) is 0. The van der Waals surface area contributed by atoms with Crippen molar-refractivity contribution < 1.29 is 0 Å². The summed E-state index contributed by atoms with van der Waals surface area (Å²) < 4.78 is 4.97. The molecular formula is C92H59BN4. The van der Waals surface area contributed by atoms with Crippen LogP contribution in [0.15, 0.2) is 358 Å². The van der Waals surface area contributed by atoms with Crippen molar-refractivity contribution in [1.29, 1.82) is 0 Å². The van der Waals surface area contributed by atoms with Gasteiger partial charge in [-0.15, -0.1) is 0 Å². The van der Waals surface area contributed by atoms with Crippen LogP contribution in [-0.2, 0) is 0 Å². The van der Waals surface area contributed by atoms with Gasteiger partial charge in [-0.05, 0) is 138 Å². The summed E-state index contributed by atoms with van der Waals surface area (Å²) >= 11 is 0. The van der Waals surface area contributed by atoms with Gasteiger partial charge in [0.1, 0.15) is 0 Å². The Labute approximate surface area is 562 Å². The van der Waals surface area contributed by atoms with E-state index in [1.54, 1.807) is 0 Å². The van der Waals surface area contributed by atoms with Crippen LogP contribution in [0.4, 0.5) is 34.1 Å². The van der Waals surface area contributed by atoms with Gasteiger partial charge in [-0.2, -0.15) is 0 Å². The summed E-state index contributed by atoms with van der Waals surface area (Å²) in [5.41, 5.74) is 28.5. The molecule has 4 heterocycles. The van der Waals surface area contributed by atoms with Crippen molar-refractivity contribution in [3.63, 3.8) is 0 Å². The van der Waals surface area contributed by atoms with Crippen molar-refractivity contribution in [2.75, 3.05) is 9.80 Å². The molecule has 0 fully saturated rings. The lowest BCUT2D eigenvalue weighted by molar-refractivity contribution is 1.17. The highest BCUT2D eigenvalue weighted by molar-refractivity contribution is 7.00. The summed E-state index contributed by atoms with van der Waals surface area (Å²) in [7, 11) is 0. The molecule has 97 heavy (non-hydrogen) atoms. The lowest BCUT2D eigenvalue weighted by Crippen LogP contribution is -2.61. The number of aromatic nitrogens is 2. The third kappa shape index (κ3) is 8.52. The number of benzene rings is 16. The maximum Gasteiger partial charge on any atom is 0.252 e. The van der Waals surface area contributed by atoms with Crippen LogP contribution < -0.4 is 26.2 Å². The van der Waals surface area contributed by atoms with Crippen molar-refractivity contribution >= 4 is 122 Å². The number of anilines is 6. The van der Waals surface area contributed by atoms with Gasteiger partial charge in [0, 0.05) is 77.9 Å². The Morgan fingerprint density at radius 3 is 0.969 bits per heavy atom. The fourth-order valence-corrected chi connectivity index (χ4v) is 16.5. The standard InChI is InChI=1S/C92H59BN4/c1-5-25-60(26-6-1)72-39-23-40-73(61-27-7-2-8-28-61)91(72)96-86-58-68(94-82-43-19-15-35-76(82)77-36-16-20-44-83(77)94)50-53-80(86)93-81-54-51-69(95-84-45-21-17-37-78(84)79-38-18-22-46-85(79)95)59-87(81)97(92-74(62-29-9-3-10-30-62)41-24-42-75(92)63-31-11-4-12-32-63)89-57-67(56-88(96)90(89)93)65-49-52-71-66(55-65)48-47-64-33-13-14-34-70(64)71/h1-59H. The van der Waals surface area contributed by atoms with Crippen molar-refractivity contribution in [2.24, 2.45) is 0 Å². The molecule has 20 rings (SSSR count). The molecule has 0 amide bonds. The molecule has 4 nitrogen and oxygen atoms in total. The van der Waals surface area contributed by atoms with Gasteiger partial charge in [0.05, 0.1) is 33.4 Å². The van der Waals surface area contributed by atoms with E-state index in [2.05, 4.69) is 377 Å². The van der Waals surface area contributed by atoms with E-state index in [9.17, 15) is 0 Å². The van der Waals surface area contributed by atoms with Gasteiger partial charge >= 0.3 is 0 Å². The van der Waals surface area contributed by atoms with Gasteiger partial charge in [0.15, 0.2) is 0 Å². The molecule has 2 aromatic heterocycles. The molecule has 0 bridgehead atoms. The van der Waals surface area contributed by atoms with Gasteiger partial charge in [-0.1, -0.05) is 291 Å². The third-order valence-corrected chi connectivity index (χ3v) is 20.7. The molecular weight excluding hydrogens is 1170 g/mol. The van der Waals surface area contributed by atoms with Crippen molar-refractivity contribution in [2.45, 2.75) is 0 Å². The maximum absolute atomic E-state index is 2.68. The van der Waals surface area contributed by atoms with E-state index < -0.39 is 0 Å². The highest BCUT2D eigenvalue weighted by Crippen LogP contribution is 2.54. The molecule has 5 heteroatoms. The molecule has 0 spiro atoms. The van der Waals surface area contributed by atoms with E-state index in [1.807, 2.05) is 0 Å². The number of nitrogens with zero attached hydrogens (tertiary/aromatic N) is 4. The molecule has 0 radical (unpaired) electrons. The highest BCUT2D eigenvalue weighted by atomic mass is 15.2. The van der Waals surface area contributed by atoms with Crippen LogP contribution in [0.3, 0.4) is 0 Å². The van der Waals surface area contributed by atoms with Gasteiger partial charge in [-0.3, -0.25) is 0 Å². The number of fused-ring (bicyclic) bond motifs is 13. The number of rotatable bonds is 9. The zero-order valence-corrected chi connectivity index (χ0v) is 52.9. The molecule has 0 saturated heterocycles. The topological polar surface area (TPSA) is 16.3 Å². The average Bonchev–Trinajstić information content (AvgIpc) is 1.04. The predicted octanol–water partition coefficient (Wildman–Crippen LogP) is 22.6. The monoisotopic (exact) mass is 1230 g/mol. The summed E-state index contributed by atoms with van der Waals surface area (Å²) in [6.45, 7) is -0.243. The Hall–Kier alpha value is -12.7. The summed E-state index contributed by atoms with van der Waals surface area (Å²) in [6.07, 6.45) is 0. The first kappa shape index (κ1) is 54.8. The zero-order valence-electron chi connectivity index (χ0n) is 52.9. The molecule has 2 aliphatic rings. The Morgan fingerprint density at radius 1 is 0.206 bits per heavy atom. The second kappa shape index (κ2) is 22.0. The first-order chi connectivity index (χ1) is 48.2. The molecule has 18 aromatic rings. The third-order valence-electron chi connectivity index (χ3n) is 20.7. The van der Waals surface area contributed by atoms with E-state index >= 15 is 0 Å². The quantitative estimate of drug-likeness (QED) is 0.106. The van der Waals surface area contributed by atoms with Crippen LogP contribution in [0.1, 0.15) is 0 Å². The fraction of sp³-hybridized carbons (Fsp3) is 0. The Kier molecular flexibility index (Phi) is 12.4. The normalized spacial score (nSPS) is 12.5. The van der Waals surface area contributed by atoms with Crippen LogP contribution >= 0.6 is 0 Å². The van der Waals surface area contributed by atoms with Gasteiger partial charge in [0.25, 0.3) is 6.71 Å². The van der Waals surface area contributed by atoms with Crippen LogP contribution in [0.5, 0.6) is 0 Å². The van der Waals surface area contributed by atoms with Gasteiger partial charge in [0.2, 0.25) is 0 Å².